The predicted molar refractivity (Wildman–Crippen MR) is 108 cm³/mol. The Hall–Kier alpha value is -3.25. The molecule has 0 atom stereocenters. The molecule has 6 heteroatoms. The van der Waals surface area contributed by atoms with Gasteiger partial charge in [0.2, 0.25) is 0 Å². The number of hydrogen-bond donors (Lipinski definition) is 1. The maximum atomic E-state index is 12.5. The number of carbonyl (C=O) groups is 1. The zero-order chi connectivity index (χ0) is 18.6. The Balaban J connectivity index is 1.42. The summed E-state index contributed by atoms with van der Waals surface area (Å²) in [7, 11) is 0. The number of thiazole rings is 1. The van der Waals surface area contributed by atoms with Crippen LogP contribution in [0.15, 0.2) is 72.4 Å². The van der Waals surface area contributed by atoms with Gasteiger partial charge in [0.25, 0.3) is 5.91 Å². The fraction of sp³-hybridized carbons (Fsp3) is 0.0952. The van der Waals surface area contributed by atoms with Crippen molar-refractivity contribution in [2.75, 3.05) is 5.32 Å². The van der Waals surface area contributed by atoms with Crippen molar-refractivity contribution in [2.24, 2.45) is 0 Å². The van der Waals surface area contributed by atoms with Crippen molar-refractivity contribution < 1.29 is 4.79 Å². The van der Waals surface area contributed by atoms with Gasteiger partial charge in [0.15, 0.2) is 0 Å². The average Bonchev–Trinajstić information content (AvgIpc) is 3.32. The molecule has 2 aromatic heterocycles. The topological polar surface area (TPSA) is 59.8 Å². The third kappa shape index (κ3) is 4.12. The summed E-state index contributed by atoms with van der Waals surface area (Å²) in [5, 5.41) is 10.3. The van der Waals surface area contributed by atoms with Gasteiger partial charge in [0, 0.05) is 22.8 Å². The maximum Gasteiger partial charge on any atom is 0.258 e. The lowest BCUT2D eigenvalue weighted by Crippen LogP contribution is -2.11. The molecule has 0 aliphatic heterocycles. The molecule has 4 aromatic rings. The van der Waals surface area contributed by atoms with Gasteiger partial charge in [0.05, 0.1) is 29.0 Å². The van der Waals surface area contributed by atoms with E-state index in [0.717, 1.165) is 27.5 Å². The Kier molecular flexibility index (Phi) is 4.80. The van der Waals surface area contributed by atoms with Gasteiger partial charge in [-0.2, -0.15) is 5.10 Å². The summed E-state index contributed by atoms with van der Waals surface area (Å²) in [5.74, 6) is -0.174. The van der Waals surface area contributed by atoms with Crippen LogP contribution in [0.4, 0.5) is 5.69 Å². The van der Waals surface area contributed by atoms with E-state index < -0.39 is 0 Å². The van der Waals surface area contributed by atoms with Crippen LogP contribution in [0, 0.1) is 6.92 Å². The van der Waals surface area contributed by atoms with Crippen LogP contribution in [-0.4, -0.2) is 20.7 Å². The van der Waals surface area contributed by atoms with Crippen molar-refractivity contribution >= 4 is 22.9 Å². The fourth-order valence-corrected chi connectivity index (χ4v) is 3.38. The number of hydrogen-bond acceptors (Lipinski definition) is 4. The number of benzene rings is 2. The Bertz CT molecular complexity index is 1050. The SMILES string of the molecule is Cc1nc(-c2ccc(NC(=O)c3cnn(Cc4ccccc4)c3)cc2)cs1. The third-order valence-corrected chi connectivity index (χ3v) is 4.91. The first kappa shape index (κ1) is 17.2. The second kappa shape index (κ2) is 7.55. The zero-order valence-corrected chi connectivity index (χ0v) is 15.6. The van der Waals surface area contributed by atoms with Gasteiger partial charge >= 0.3 is 0 Å². The quantitative estimate of drug-likeness (QED) is 0.555. The van der Waals surface area contributed by atoms with Gasteiger partial charge in [-0.1, -0.05) is 42.5 Å². The molecule has 27 heavy (non-hydrogen) atoms. The highest BCUT2D eigenvalue weighted by Gasteiger charge is 2.10. The highest BCUT2D eigenvalue weighted by atomic mass is 32.1. The van der Waals surface area contributed by atoms with E-state index in [0.29, 0.717) is 12.1 Å². The number of carbonyl (C=O) groups excluding carboxylic acids is 1. The molecule has 1 N–H and O–H groups in total. The lowest BCUT2D eigenvalue weighted by molar-refractivity contribution is 0.102. The number of anilines is 1. The van der Waals surface area contributed by atoms with E-state index in [1.54, 1.807) is 28.4 Å². The molecular weight excluding hydrogens is 356 g/mol. The lowest BCUT2D eigenvalue weighted by Gasteiger charge is -2.05. The summed E-state index contributed by atoms with van der Waals surface area (Å²) in [5.41, 5.74) is 4.41. The second-order valence-corrected chi connectivity index (χ2v) is 7.26. The van der Waals surface area contributed by atoms with E-state index in [2.05, 4.69) is 15.4 Å². The van der Waals surface area contributed by atoms with Crippen LogP contribution in [0.2, 0.25) is 0 Å². The maximum absolute atomic E-state index is 12.5. The van der Waals surface area contributed by atoms with Crippen molar-refractivity contribution in [3.8, 4) is 11.3 Å². The number of aromatic nitrogens is 3. The Morgan fingerprint density at radius 1 is 1.11 bits per heavy atom. The number of amides is 1. The average molecular weight is 374 g/mol. The van der Waals surface area contributed by atoms with Crippen molar-refractivity contribution in [3.63, 3.8) is 0 Å². The van der Waals surface area contributed by atoms with Crippen LogP contribution >= 0.6 is 11.3 Å². The van der Waals surface area contributed by atoms with Gasteiger partial charge in [-0.3, -0.25) is 9.48 Å². The summed E-state index contributed by atoms with van der Waals surface area (Å²) in [6, 6.07) is 17.7. The fourth-order valence-electron chi connectivity index (χ4n) is 2.76. The third-order valence-electron chi connectivity index (χ3n) is 4.14. The lowest BCUT2D eigenvalue weighted by atomic mass is 10.1. The molecule has 2 heterocycles. The first-order valence-corrected chi connectivity index (χ1v) is 9.46. The minimum Gasteiger partial charge on any atom is -0.322 e. The Morgan fingerprint density at radius 2 is 1.89 bits per heavy atom. The highest BCUT2D eigenvalue weighted by Crippen LogP contribution is 2.23. The van der Waals surface area contributed by atoms with Crippen molar-refractivity contribution in [2.45, 2.75) is 13.5 Å². The molecule has 0 bridgehead atoms. The van der Waals surface area contributed by atoms with Gasteiger partial charge in [0.1, 0.15) is 0 Å². The molecule has 1 amide bonds. The van der Waals surface area contributed by atoms with Crippen LogP contribution in [0.3, 0.4) is 0 Å². The molecule has 0 saturated carbocycles. The van der Waals surface area contributed by atoms with Gasteiger partial charge in [-0.25, -0.2) is 4.98 Å². The smallest absolute Gasteiger partial charge is 0.258 e. The summed E-state index contributed by atoms with van der Waals surface area (Å²) in [6.45, 7) is 2.62. The van der Waals surface area contributed by atoms with Crippen molar-refractivity contribution in [1.82, 2.24) is 14.8 Å². The summed E-state index contributed by atoms with van der Waals surface area (Å²) >= 11 is 1.62. The van der Waals surface area contributed by atoms with Crippen LogP contribution < -0.4 is 5.32 Å². The second-order valence-electron chi connectivity index (χ2n) is 6.20. The number of nitrogens with one attached hydrogen (secondary N) is 1. The molecule has 0 saturated heterocycles. The normalized spacial score (nSPS) is 10.7. The molecule has 5 nitrogen and oxygen atoms in total. The van der Waals surface area contributed by atoms with Crippen LogP contribution in [0.25, 0.3) is 11.3 Å². The van der Waals surface area contributed by atoms with Crippen LogP contribution in [-0.2, 0) is 6.54 Å². The standard InChI is InChI=1S/C21H18N4OS/c1-15-23-20(14-27-15)17-7-9-19(10-8-17)24-21(26)18-11-22-25(13-18)12-16-5-3-2-4-6-16/h2-11,13-14H,12H2,1H3,(H,24,26). The largest absolute Gasteiger partial charge is 0.322 e. The van der Waals surface area contributed by atoms with E-state index in [-0.39, 0.29) is 5.91 Å². The minimum atomic E-state index is -0.174. The van der Waals surface area contributed by atoms with Crippen LogP contribution in [0.5, 0.6) is 0 Å². The molecule has 4 rings (SSSR count). The molecule has 0 fully saturated rings. The molecular formula is C21H18N4OS. The van der Waals surface area contributed by atoms with Gasteiger partial charge in [-0.05, 0) is 24.6 Å². The highest BCUT2D eigenvalue weighted by molar-refractivity contribution is 7.09. The van der Waals surface area contributed by atoms with Gasteiger partial charge in [-0.15, -0.1) is 11.3 Å². The predicted octanol–water partition coefficient (Wildman–Crippen LogP) is 4.62. The first-order valence-electron chi connectivity index (χ1n) is 8.58. The Morgan fingerprint density at radius 3 is 2.59 bits per heavy atom. The number of aryl methyl sites for hydroxylation is 1. The molecule has 0 radical (unpaired) electrons. The summed E-state index contributed by atoms with van der Waals surface area (Å²) in [4.78, 5) is 16.9. The van der Waals surface area contributed by atoms with Crippen molar-refractivity contribution in [3.05, 3.63) is 88.5 Å². The van der Waals surface area contributed by atoms with Crippen LogP contribution in [0.1, 0.15) is 20.9 Å². The van der Waals surface area contributed by atoms with E-state index in [9.17, 15) is 4.79 Å². The van der Waals surface area contributed by atoms with E-state index >= 15 is 0 Å². The van der Waals surface area contributed by atoms with Gasteiger partial charge < -0.3 is 5.32 Å². The molecule has 0 spiro atoms. The number of nitrogens with zero attached hydrogens (tertiary/aromatic N) is 3. The Labute approximate surface area is 161 Å². The summed E-state index contributed by atoms with van der Waals surface area (Å²) in [6.07, 6.45) is 3.35. The molecule has 2 aromatic carbocycles. The first-order chi connectivity index (χ1) is 13.2. The summed E-state index contributed by atoms with van der Waals surface area (Å²) < 4.78 is 1.76. The van der Waals surface area contributed by atoms with E-state index in [1.165, 1.54) is 0 Å². The molecule has 0 aliphatic rings. The molecule has 134 valence electrons. The van der Waals surface area contributed by atoms with E-state index in [1.807, 2.05) is 66.9 Å². The zero-order valence-electron chi connectivity index (χ0n) is 14.8. The molecule has 0 unspecified atom stereocenters. The monoisotopic (exact) mass is 374 g/mol. The molecule has 0 aliphatic carbocycles. The van der Waals surface area contributed by atoms with E-state index in [4.69, 9.17) is 0 Å². The minimum absolute atomic E-state index is 0.174. The number of rotatable bonds is 5. The van der Waals surface area contributed by atoms with Crippen molar-refractivity contribution in [1.29, 1.82) is 0 Å².